The van der Waals surface area contributed by atoms with E-state index in [4.69, 9.17) is 10.5 Å². The van der Waals surface area contributed by atoms with Crippen molar-refractivity contribution in [1.82, 2.24) is 4.57 Å². The highest BCUT2D eigenvalue weighted by molar-refractivity contribution is 6.01. The van der Waals surface area contributed by atoms with Gasteiger partial charge in [-0.15, -0.1) is 0 Å². The van der Waals surface area contributed by atoms with E-state index in [2.05, 4.69) is 4.90 Å². The van der Waals surface area contributed by atoms with Crippen LogP contribution in [0.5, 0.6) is 0 Å². The second kappa shape index (κ2) is 5.71. The molecule has 0 spiro atoms. The van der Waals surface area contributed by atoms with Gasteiger partial charge in [0.05, 0.1) is 18.4 Å². The maximum atomic E-state index is 12.1. The minimum atomic E-state index is -0.416. The smallest absolute Gasteiger partial charge is 0.340 e. The predicted molar refractivity (Wildman–Crippen MR) is 83.9 cm³/mol. The summed E-state index contributed by atoms with van der Waals surface area (Å²) >= 11 is 0. The van der Waals surface area contributed by atoms with E-state index in [1.807, 2.05) is 18.3 Å². The number of methoxy groups -OCH3 is 1. The number of anilines is 1. The van der Waals surface area contributed by atoms with Crippen molar-refractivity contribution < 1.29 is 14.3 Å². The first-order valence-corrected chi connectivity index (χ1v) is 7.34. The van der Waals surface area contributed by atoms with Crippen LogP contribution in [-0.2, 0) is 16.1 Å². The fourth-order valence-corrected chi connectivity index (χ4v) is 3.02. The molecular weight excluding hydrogens is 282 g/mol. The number of amides is 1. The molecule has 0 unspecified atom stereocenters. The van der Waals surface area contributed by atoms with Gasteiger partial charge in [0.15, 0.2) is 0 Å². The highest BCUT2D eigenvalue weighted by atomic mass is 16.5. The average molecular weight is 301 g/mol. The molecule has 0 bridgehead atoms. The number of aromatic nitrogens is 1. The highest BCUT2D eigenvalue weighted by Crippen LogP contribution is 2.30. The van der Waals surface area contributed by atoms with Crippen molar-refractivity contribution >= 4 is 28.5 Å². The molecule has 6 heteroatoms. The maximum absolute atomic E-state index is 12.1. The molecule has 1 amide bonds. The summed E-state index contributed by atoms with van der Waals surface area (Å²) in [6.45, 7) is 1.97. The Balaban J connectivity index is 2.13. The van der Waals surface area contributed by atoms with Gasteiger partial charge in [-0.05, 0) is 31.0 Å². The summed E-state index contributed by atoms with van der Waals surface area (Å²) in [6, 6.07) is 5.71. The van der Waals surface area contributed by atoms with E-state index in [0.717, 1.165) is 42.5 Å². The zero-order chi connectivity index (χ0) is 15.7. The van der Waals surface area contributed by atoms with E-state index in [9.17, 15) is 9.59 Å². The van der Waals surface area contributed by atoms with E-state index in [0.29, 0.717) is 5.56 Å². The number of fused-ring (bicyclic) bond motifs is 1. The highest BCUT2D eigenvalue weighted by Gasteiger charge is 2.22. The van der Waals surface area contributed by atoms with Gasteiger partial charge >= 0.3 is 5.97 Å². The van der Waals surface area contributed by atoms with Crippen molar-refractivity contribution in [2.45, 2.75) is 19.4 Å². The number of nitrogens with zero attached hydrogens (tertiary/aromatic N) is 2. The SMILES string of the molecule is COC(=O)c1cc2c(ccn2CC(N)=O)cc1N1CCCC1. The predicted octanol–water partition coefficient (Wildman–Crippen LogP) is 1.51. The summed E-state index contributed by atoms with van der Waals surface area (Å²) in [4.78, 5) is 25.5. The molecule has 1 saturated heterocycles. The molecule has 1 aliphatic heterocycles. The Bertz CT molecular complexity index is 730. The number of carbonyl (C=O) groups excluding carboxylic acids is 2. The first-order valence-electron chi connectivity index (χ1n) is 7.34. The lowest BCUT2D eigenvalue weighted by atomic mass is 10.1. The second-order valence-electron chi connectivity index (χ2n) is 5.52. The number of hydrogen-bond donors (Lipinski definition) is 1. The summed E-state index contributed by atoms with van der Waals surface area (Å²) in [5.74, 6) is -0.781. The van der Waals surface area contributed by atoms with Crippen LogP contribution in [-0.4, -0.2) is 36.6 Å². The van der Waals surface area contributed by atoms with Gasteiger partial charge in [0.1, 0.15) is 6.54 Å². The number of rotatable bonds is 4. The quantitative estimate of drug-likeness (QED) is 0.868. The van der Waals surface area contributed by atoms with E-state index in [1.165, 1.54) is 7.11 Å². The average Bonchev–Trinajstić information content (AvgIpc) is 3.15. The van der Waals surface area contributed by atoms with Gasteiger partial charge < -0.3 is 19.9 Å². The Morgan fingerprint density at radius 1 is 1.27 bits per heavy atom. The van der Waals surface area contributed by atoms with Crippen LogP contribution in [0.3, 0.4) is 0 Å². The van der Waals surface area contributed by atoms with Gasteiger partial charge in [0.25, 0.3) is 0 Å². The molecule has 2 aromatic rings. The van der Waals surface area contributed by atoms with Crippen molar-refractivity contribution in [3.8, 4) is 0 Å². The van der Waals surface area contributed by atoms with Crippen LogP contribution in [0.1, 0.15) is 23.2 Å². The molecule has 1 aliphatic rings. The molecular formula is C16H19N3O3. The van der Waals surface area contributed by atoms with Crippen molar-refractivity contribution in [3.63, 3.8) is 0 Å². The number of benzene rings is 1. The maximum Gasteiger partial charge on any atom is 0.340 e. The number of carbonyl (C=O) groups is 2. The zero-order valence-electron chi connectivity index (χ0n) is 12.5. The fraction of sp³-hybridized carbons (Fsp3) is 0.375. The largest absolute Gasteiger partial charge is 0.465 e. The van der Waals surface area contributed by atoms with Crippen LogP contribution < -0.4 is 10.6 Å². The van der Waals surface area contributed by atoms with Crippen molar-refractivity contribution in [2.75, 3.05) is 25.1 Å². The van der Waals surface area contributed by atoms with Gasteiger partial charge in [0.2, 0.25) is 5.91 Å². The number of hydrogen-bond acceptors (Lipinski definition) is 4. The normalized spacial score (nSPS) is 14.5. The molecule has 2 heterocycles. The third-order valence-electron chi connectivity index (χ3n) is 4.07. The van der Waals surface area contributed by atoms with Crippen LogP contribution in [0.2, 0.25) is 0 Å². The van der Waals surface area contributed by atoms with Crippen LogP contribution in [0.15, 0.2) is 24.4 Å². The van der Waals surface area contributed by atoms with Gasteiger partial charge in [-0.3, -0.25) is 4.79 Å². The molecule has 116 valence electrons. The first kappa shape index (κ1) is 14.4. The lowest BCUT2D eigenvalue weighted by Gasteiger charge is -2.21. The van der Waals surface area contributed by atoms with Crippen LogP contribution in [0.25, 0.3) is 10.9 Å². The number of ether oxygens (including phenoxy) is 1. The Morgan fingerprint density at radius 3 is 2.64 bits per heavy atom. The number of esters is 1. The van der Waals surface area contributed by atoms with Gasteiger partial charge in [-0.2, -0.15) is 0 Å². The van der Waals surface area contributed by atoms with E-state index >= 15 is 0 Å². The summed E-state index contributed by atoms with van der Waals surface area (Å²) in [7, 11) is 1.38. The van der Waals surface area contributed by atoms with Gasteiger partial charge in [0, 0.05) is 30.2 Å². The first-order chi connectivity index (χ1) is 10.6. The van der Waals surface area contributed by atoms with Crippen molar-refractivity contribution in [2.24, 2.45) is 5.73 Å². The van der Waals surface area contributed by atoms with E-state index in [1.54, 1.807) is 10.6 Å². The van der Waals surface area contributed by atoms with Crippen LogP contribution in [0.4, 0.5) is 5.69 Å². The molecule has 1 aromatic carbocycles. The lowest BCUT2D eigenvalue weighted by Crippen LogP contribution is -2.21. The summed E-state index contributed by atoms with van der Waals surface area (Å²) in [5.41, 5.74) is 7.50. The van der Waals surface area contributed by atoms with E-state index in [-0.39, 0.29) is 12.5 Å². The van der Waals surface area contributed by atoms with Gasteiger partial charge in [-0.1, -0.05) is 0 Å². The fourth-order valence-electron chi connectivity index (χ4n) is 3.02. The Kier molecular flexibility index (Phi) is 3.75. The topological polar surface area (TPSA) is 77.6 Å². The molecule has 0 atom stereocenters. The molecule has 0 saturated carbocycles. The van der Waals surface area contributed by atoms with E-state index < -0.39 is 5.91 Å². The summed E-state index contributed by atoms with van der Waals surface area (Å²) in [6.07, 6.45) is 4.06. The van der Waals surface area contributed by atoms with Crippen LogP contribution >= 0.6 is 0 Å². The van der Waals surface area contributed by atoms with Gasteiger partial charge in [-0.25, -0.2) is 4.79 Å². The summed E-state index contributed by atoms with van der Waals surface area (Å²) < 4.78 is 6.66. The molecule has 1 aromatic heterocycles. The molecule has 0 radical (unpaired) electrons. The standard InChI is InChI=1S/C16H19N3O3/c1-22-16(21)12-9-13-11(4-7-19(13)10-15(17)20)8-14(12)18-5-2-3-6-18/h4,7-9H,2-3,5-6,10H2,1H3,(H2,17,20). The van der Waals surface area contributed by atoms with Crippen LogP contribution in [0, 0.1) is 0 Å². The number of primary amides is 1. The monoisotopic (exact) mass is 301 g/mol. The summed E-state index contributed by atoms with van der Waals surface area (Å²) in [5, 5.41) is 0.982. The molecule has 2 N–H and O–H groups in total. The third kappa shape index (κ3) is 2.52. The third-order valence-corrected chi connectivity index (χ3v) is 4.07. The van der Waals surface area contributed by atoms with Crippen molar-refractivity contribution in [3.05, 3.63) is 30.0 Å². The Morgan fingerprint density at radius 2 is 2.00 bits per heavy atom. The Hall–Kier alpha value is -2.50. The second-order valence-corrected chi connectivity index (χ2v) is 5.52. The van der Waals surface area contributed by atoms with Crippen molar-refractivity contribution in [1.29, 1.82) is 0 Å². The molecule has 3 rings (SSSR count). The Labute approximate surface area is 128 Å². The lowest BCUT2D eigenvalue weighted by molar-refractivity contribution is -0.118. The molecule has 6 nitrogen and oxygen atoms in total. The molecule has 22 heavy (non-hydrogen) atoms. The zero-order valence-corrected chi connectivity index (χ0v) is 12.5. The minimum absolute atomic E-state index is 0.0904. The number of nitrogens with two attached hydrogens (primary N) is 1. The molecule has 1 fully saturated rings. The molecule has 0 aliphatic carbocycles. The minimum Gasteiger partial charge on any atom is -0.465 e.